The highest BCUT2D eigenvalue weighted by molar-refractivity contribution is 4.72. The third-order valence-corrected chi connectivity index (χ3v) is 3.46. The fraction of sp³-hybridized carbons (Fsp3) is 1.00. The lowest BCUT2D eigenvalue weighted by atomic mass is 10.3. The monoisotopic (exact) mass is 258 g/mol. The second-order valence-corrected chi connectivity index (χ2v) is 4.78. The van der Waals surface area contributed by atoms with E-state index >= 15 is 0 Å². The highest BCUT2D eigenvalue weighted by atomic mass is 15.3. The normalized spacial score (nSPS) is 19.3. The van der Waals surface area contributed by atoms with Gasteiger partial charge in [0.25, 0.3) is 0 Å². The first kappa shape index (κ1) is 15.8. The fourth-order valence-electron chi connectivity index (χ4n) is 2.24. The summed E-state index contributed by atoms with van der Waals surface area (Å²) in [4.78, 5) is 4.82. The summed E-state index contributed by atoms with van der Waals surface area (Å²) in [5, 5.41) is 6.64. The van der Waals surface area contributed by atoms with Crippen molar-refractivity contribution in [3.8, 4) is 0 Å². The second kappa shape index (κ2) is 9.66. The van der Waals surface area contributed by atoms with E-state index in [1.807, 2.05) is 0 Å². The quantitative estimate of drug-likeness (QED) is 0.284. The zero-order chi connectivity index (χ0) is 13.2. The molecule has 1 aliphatic rings. The van der Waals surface area contributed by atoms with E-state index in [1.165, 1.54) is 0 Å². The molecule has 108 valence electrons. The summed E-state index contributed by atoms with van der Waals surface area (Å²) in [5.74, 6) is 0. The molecule has 6 nitrogen and oxygen atoms in total. The molecule has 1 saturated heterocycles. The van der Waals surface area contributed by atoms with Crippen LogP contribution in [0.1, 0.15) is 6.92 Å². The van der Waals surface area contributed by atoms with Gasteiger partial charge in [0.1, 0.15) is 0 Å². The van der Waals surface area contributed by atoms with Gasteiger partial charge in [-0.2, -0.15) is 0 Å². The average Bonchev–Trinajstić information content (AvgIpc) is 2.41. The lowest BCUT2D eigenvalue weighted by molar-refractivity contribution is 0.158. The van der Waals surface area contributed by atoms with Gasteiger partial charge in [-0.25, -0.2) is 0 Å². The molecule has 1 rings (SSSR count). The predicted octanol–water partition coefficient (Wildman–Crippen LogP) is -1.95. The molecule has 0 radical (unpaired) electrons. The maximum Gasteiger partial charge on any atom is 0.0700 e. The zero-order valence-electron chi connectivity index (χ0n) is 11.7. The standard InChI is InChI=1S/C12H30N6/c1-2-18(12(14)11-16-4-3-13)10-9-17-7-5-15-6-8-17/h12,15-16H,2-11,13-14H2,1H3. The molecule has 0 aliphatic carbocycles. The molecule has 1 atom stereocenters. The third-order valence-electron chi connectivity index (χ3n) is 3.46. The van der Waals surface area contributed by atoms with Crippen molar-refractivity contribution in [3.05, 3.63) is 0 Å². The second-order valence-electron chi connectivity index (χ2n) is 4.78. The van der Waals surface area contributed by atoms with Gasteiger partial charge in [0, 0.05) is 58.9 Å². The van der Waals surface area contributed by atoms with Gasteiger partial charge in [-0.05, 0) is 6.54 Å². The van der Waals surface area contributed by atoms with Gasteiger partial charge in [-0.15, -0.1) is 0 Å². The van der Waals surface area contributed by atoms with Crippen LogP contribution in [-0.2, 0) is 0 Å². The number of rotatable bonds is 9. The number of piperazine rings is 1. The van der Waals surface area contributed by atoms with Gasteiger partial charge < -0.3 is 22.1 Å². The summed E-state index contributed by atoms with van der Waals surface area (Å²) in [6, 6.07) is 0. The molecule has 0 spiro atoms. The molecule has 0 amide bonds. The van der Waals surface area contributed by atoms with Crippen LogP contribution in [0.2, 0.25) is 0 Å². The van der Waals surface area contributed by atoms with Crippen LogP contribution in [0.15, 0.2) is 0 Å². The van der Waals surface area contributed by atoms with Gasteiger partial charge in [0.15, 0.2) is 0 Å². The maximum absolute atomic E-state index is 6.18. The zero-order valence-corrected chi connectivity index (χ0v) is 11.7. The Hall–Kier alpha value is -0.240. The number of likely N-dealkylation sites (N-methyl/N-ethyl adjacent to an activating group) is 1. The number of nitrogens with one attached hydrogen (secondary N) is 2. The van der Waals surface area contributed by atoms with E-state index in [0.29, 0.717) is 6.54 Å². The molecular weight excluding hydrogens is 228 g/mol. The Morgan fingerprint density at radius 2 is 2.11 bits per heavy atom. The van der Waals surface area contributed by atoms with Crippen LogP contribution in [0.4, 0.5) is 0 Å². The average molecular weight is 258 g/mol. The van der Waals surface area contributed by atoms with Crippen LogP contribution in [0.25, 0.3) is 0 Å². The van der Waals surface area contributed by atoms with E-state index in [4.69, 9.17) is 11.5 Å². The van der Waals surface area contributed by atoms with Crippen LogP contribution < -0.4 is 22.1 Å². The van der Waals surface area contributed by atoms with E-state index in [9.17, 15) is 0 Å². The molecule has 0 saturated carbocycles. The molecule has 1 unspecified atom stereocenters. The molecule has 6 heteroatoms. The summed E-state index contributed by atoms with van der Waals surface area (Å²) in [5.41, 5.74) is 11.6. The van der Waals surface area contributed by atoms with E-state index in [0.717, 1.165) is 58.9 Å². The fourth-order valence-corrected chi connectivity index (χ4v) is 2.24. The van der Waals surface area contributed by atoms with E-state index in [2.05, 4.69) is 27.4 Å². The Labute approximate surface area is 111 Å². The smallest absolute Gasteiger partial charge is 0.0700 e. The Morgan fingerprint density at radius 3 is 2.72 bits per heavy atom. The molecule has 1 fully saturated rings. The summed E-state index contributed by atoms with van der Waals surface area (Å²) >= 11 is 0. The summed E-state index contributed by atoms with van der Waals surface area (Å²) in [6.45, 7) is 12.2. The van der Waals surface area contributed by atoms with Crippen molar-refractivity contribution < 1.29 is 0 Å². The van der Waals surface area contributed by atoms with Gasteiger partial charge >= 0.3 is 0 Å². The molecule has 1 aliphatic heterocycles. The molecule has 0 aromatic carbocycles. The largest absolute Gasteiger partial charge is 0.329 e. The minimum Gasteiger partial charge on any atom is -0.329 e. The molecule has 18 heavy (non-hydrogen) atoms. The number of hydrogen-bond acceptors (Lipinski definition) is 6. The molecule has 0 aromatic heterocycles. The molecular formula is C12H30N6. The lowest BCUT2D eigenvalue weighted by Gasteiger charge is -2.32. The van der Waals surface area contributed by atoms with Crippen molar-refractivity contribution in [3.63, 3.8) is 0 Å². The minimum atomic E-state index is 0.0875. The summed E-state index contributed by atoms with van der Waals surface area (Å²) < 4.78 is 0. The van der Waals surface area contributed by atoms with Crippen molar-refractivity contribution in [2.45, 2.75) is 13.1 Å². The SMILES string of the molecule is CCN(CCN1CCNCC1)C(N)CNCCN. The van der Waals surface area contributed by atoms with Crippen LogP contribution in [0.3, 0.4) is 0 Å². The Kier molecular flexibility index (Phi) is 8.49. The Morgan fingerprint density at radius 1 is 1.39 bits per heavy atom. The van der Waals surface area contributed by atoms with E-state index in [-0.39, 0.29) is 6.17 Å². The maximum atomic E-state index is 6.18. The van der Waals surface area contributed by atoms with E-state index in [1.54, 1.807) is 0 Å². The van der Waals surface area contributed by atoms with Gasteiger partial charge in [-0.3, -0.25) is 9.80 Å². The molecule has 0 aromatic rings. The van der Waals surface area contributed by atoms with Crippen LogP contribution >= 0.6 is 0 Å². The van der Waals surface area contributed by atoms with E-state index < -0.39 is 0 Å². The molecule has 0 bridgehead atoms. The van der Waals surface area contributed by atoms with Crippen LogP contribution in [0.5, 0.6) is 0 Å². The predicted molar refractivity (Wildman–Crippen MR) is 76.5 cm³/mol. The highest BCUT2D eigenvalue weighted by Gasteiger charge is 2.14. The highest BCUT2D eigenvalue weighted by Crippen LogP contribution is 1.97. The van der Waals surface area contributed by atoms with Crippen molar-refractivity contribution >= 4 is 0 Å². The lowest BCUT2D eigenvalue weighted by Crippen LogP contribution is -2.52. The van der Waals surface area contributed by atoms with Crippen molar-refractivity contribution in [1.29, 1.82) is 0 Å². The number of nitrogens with two attached hydrogens (primary N) is 2. The first-order valence-corrected chi connectivity index (χ1v) is 7.11. The van der Waals surface area contributed by atoms with Gasteiger partial charge in [-0.1, -0.05) is 6.92 Å². The van der Waals surface area contributed by atoms with Gasteiger partial charge in [0.05, 0.1) is 6.17 Å². The first-order chi connectivity index (χ1) is 8.77. The first-order valence-electron chi connectivity index (χ1n) is 7.11. The number of nitrogens with zero attached hydrogens (tertiary/aromatic N) is 2. The topological polar surface area (TPSA) is 82.6 Å². The Balaban J connectivity index is 2.18. The van der Waals surface area contributed by atoms with Gasteiger partial charge in [0.2, 0.25) is 0 Å². The molecule has 6 N–H and O–H groups in total. The van der Waals surface area contributed by atoms with Crippen LogP contribution in [0, 0.1) is 0 Å². The molecule has 1 heterocycles. The minimum absolute atomic E-state index is 0.0875. The van der Waals surface area contributed by atoms with Crippen molar-refractivity contribution in [2.24, 2.45) is 11.5 Å². The summed E-state index contributed by atoms with van der Waals surface area (Å²) in [6.07, 6.45) is 0.0875. The van der Waals surface area contributed by atoms with Crippen molar-refractivity contribution in [1.82, 2.24) is 20.4 Å². The third kappa shape index (κ3) is 6.08. The Bertz CT molecular complexity index is 195. The summed E-state index contributed by atoms with van der Waals surface area (Å²) in [7, 11) is 0. The van der Waals surface area contributed by atoms with Crippen molar-refractivity contribution in [2.75, 3.05) is 65.4 Å². The number of hydrogen-bond donors (Lipinski definition) is 4. The van der Waals surface area contributed by atoms with Crippen LogP contribution in [-0.4, -0.2) is 81.4 Å².